The van der Waals surface area contributed by atoms with Crippen molar-refractivity contribution in [2.45, 2.75) is 6.54 Å². The molecule has 0 unspecified atom stereocenters. The van der Waals surface area contributed by atoms with Gasteiger partial charge in [0, 0.05) is 18.3 Å². The summed E-state index contributed by atoms with van der Waals surface area (Å²) in [4.78, 5) is 0. The number of benzene rings is 1. The van der Waals surface area contributed by atoms with Gasteiger partial charge in [-0.3, -0.25) is 0 Å². The Labute approximate surface area is 83.4 Å². The minimum atomic E-state index is 0.854. The smallest absolute Gasteiger partial charge is 0.0645 e. The van der Waals surface area contributed by atoms with Crippen LogP contribution in [0.5, 0.6) is 0 Å². The summed E-state index contributed by atoms with van der Waals surface area (Å²) in [5.41, 5.74) is 2.28. The average Bonchev–Trinajstić information content (AvgIpc) is 2.68. The molecule has 2 rings (SSSR count). The van der Waals surface area contributed by atoms with Crippen LogP contribution in [0.3, 0.4) is 0 Å². The first-order valence-electron chi connectivity index (χ1n) is 4.64. The normalized spacial score (nSPS) is 10.4. The summed E-state index contributed by atoms with van der Waals surface area (Å²) >= 11 is 0. The second-order valence-corrected chi connectivity index (χ2v) is 3.16. The van der Waals surface area contributed by atoms with Crippen molar-refractivity contribution in [1.29, 1.82) is 0 Å². The predicted molar refractivity (Wildman–Crippen MR) is 56.3 cm³/mol. The van der Waals surface area contributed by atoms with Crippen LogP contribution in [-0.2, 0) is 6.54 Å². The van der Waals surface area contributed by atoms with E-state index in [1.54, 1.807) is 0 Å². The zero-order valence-electron chi connectivity index (χ0n) is 8.14. The van der Waals surface area contributed by atoms with E-state index in [1.807, 2.05) is 54.5 Å². The van der Waals surface area contributed by atoms with Gasteiger partial charge in [0.15, 0.2) is 0 Å². The monoisotopic (exact) mass is 187 g/mol. The van der Waals surface area contributed by atoms with Gasteiger partial charge in [-0.15, -0.1) is 0 Å². The highest BCUT2D eigenvalue weighted by atomic mass is 15.3. The number of nitrogens with zero attached hydrogens (tertiary/aromatic N) is 2. The van der Waals surface area contributed by atoms with Crippen LogP contribution >= 0.6 is 0 Å². The highest BCUT2D eigenvalue weighted by molar-refractivity contribution is 5.30. The molecule has 1 aromatic carbocycles. The molecule has 14 heavy (non-hydrogen) atoms. The average molecular weight is 187 g/mol. The van der Waals surface area contributed by atoms with Gasteiger partial charge in [-0.05, 0) is 19.2 Å². The van der Waals surface area contributed by atoms with Crippen LogP contribution in [0.1, 0.15) is 5.56 Å². The number of hydrogen-bond donors (Lipinski definition) is 1. The lowest BCUT2D eigenvalue weighted by Crippen LogP contribution is -2.03. The molecule has 3 heteroatoms. The first-order chi connectivity index (χ1) is 6.90. The standard InChI is InChI=1S/C11H13N3/c1-12-7-10-8-13-14(9-10)11-5-3-2-4-6-11/h2-6,8-9,12H,7H2,1H3. The van der Waals surface area contributed by atoms with Crippen LogP contribution in [0.25, 0.3) is 5.69 Å². The molecule has 3 nitrogen and oxygen atoms in total. The maximum absolute atomic E-state index is 4.28. The highest BCUT2D eigenvalue weighted by Gasteiger charge is 1.98. The Morgan fingerprint density at radius 3 is 2.79 bits per heavy atom. The summed E-state index contributed by atoms with van der Waals surface area (Å²) in [5.74, 6) is 0. The van der Waals surface area contributed by atoms with Gasteiger partial charge in [-0.1, -0.05) is 18.2 Å². The van der Waals surface area contributed by atoms with Crippen LogP contribution < -0.4 is 5.32 Å². The highest BCUT2D eigenvalue weighted by Crippen LogP contribution is 2.06. The Hall–Kier alpha value is -1.61. The molecule has 0 saturated heterocycles. The molecule has 72 valence electrons. The Morgan fingerprint density at radius 2 is 2.07 bits per heavy atom. The van der Waals surface area contributed by atoms with E-state index in [1.165, 1.54) is 5.56 Å². The quantitative estimate of drug-likeness (QED) is 0.790. The van der Waals surface area contributed by atoms with E-state index in [-0.39, 0.29) is 0 Å². The summed E-state index contributed by atoms with van der Waals surface area (Å²) in [7, 11) is 1.93. The summed E-state index contributed by atoms with van der Waals surface area (Å²) in [5, 5.41) is 7.38. The van der Waals surface area contributed by atoms with Gasteiger partial charge in [-0.2, -0.15) is 5.10 Å². The van der Waals surface area contributed by atoms with Gasteiger partial charge in [-0.25, -0.2) is 4.68 Å². The van der Waals surface area contributed by atoms with Crippen LogP contribution in [0, 0.1) is 0 Å². The lowest BCUT2D eigenvalue weighted by Gasteiger charge is -1.98. The van der Waals surface area contributed by atoms with Gasteiger partial charge in [0.2, 0.25) is 0 Å². The first-order valence-corrected chi connectivity index (χ1v) is 4.64. The van der Waals surface area contributed by atoms with Crippen molar-refractivity contribution >= 4 is 0 Å². The molecule has 0 atom stereocenters. The van der Waals surface area contributed by atoms with Crippen molar-refractivity contribution in [1.82, 2.24) is 15.1 Å². The molecule has 0 radical (unpaired) electrons. The summed E-state index contributed by atoms with van der Waals surface area (Å²) in [6.45, 7) is 0.854. The number of para-hydroxylation sites is 1. The van der Waals surface area contributed by atoms with Crippen LogP contribution in [0.2, 0.25) is 0 Å². The molecule has 0 saturated carbocycles. The minimum Gasteiger partial charge on any atom is -0.316 e. The van der Waals surface area contributed by atoms with Crippen molar-refractivity contribution in [3.05, 3.63) is 48.3 Å². The maximum Gasteiger partial charge on any atom is 0.0645 e. The van der Waals surface area contributed by atoms with E-state index in [4.69, 9.17) is 0 Å². The van der Waals surface area contributed by atoms with Gasteiger partial charge in [0.25, 0.3) is 0 Å². The van der Waals surface area contributed by atoms with Crippen LogP contribution in [0.15, 0.2) is 42.7 Å². The van der Waals surface area contributed by atoms with E-state index in [9.17, 15) is 0 Å². The van der Waals surface area contributed by atoms with Crippen molar-refractivity contribution in [3.8, 4) is 5.69 Å². The topological polar surface area (TPSA) is 29.9 Å². The third-order valence-electron chi connectivity index (χ3n) is 2.04. The summed E-state index contributed by atoms with van der Waals surface area (Å²) in [6, 6.07) is 10.1. The van der Waals surface area contributed by atoms with Gasteiger partial charge in [0.05, 0.1) is 11.9 Å². The SMILES string of the molecule is CNCc1cnn(-c2ccccc2)c1. The molecule has 0 aliphatic heterocycles. The lowest BCUT2D eigenvalue weighted by molar-refractivity contribution is 0.816. The van der Waals surface area contributed by atoms with Crippen molar-refractivity contribution < 1.29 is 0 Å². The zero-order valence-corrected chi connectivity index (χ0v) is 8.14. The lowest BCUT2D eigenvalue weighted by atomic mass is 10.3. The Morgan fingerprint density at radius 1 is 1.29 bits per heavy atom. The summed E-state index contributed by atoms with van der Waals surface area (Å²) in [6.07, 6.45) is 3.91. The molecule has 0 bridgehead atoms. The first kappa shape index (κ1) is 8.97. The fraction of sp³-hybridized carbons (Fsp3) is 0.182. The van der Waals surface area contributed by atoms with Crippen molar-refractivity contribution in [3.63, 3.8) is 0 Å². The molecular formula is C11H13N3. The second kappa shape index (κ2) is 4.07. The van der Waals surface area contributed by atoms with Crippen molar-refractivity contribution in [2.75, 3.05) is 7.05 Å². The Kier molecular flexibility index (Phi) is 2.60. The number of hydrogen-bond acceptors (Lipinski definition) is 2. The summed E-state index contributed by atoms with van der Waals surface area (Å²) < 4.78 is 1.88. The predicted octanol–water partition coefficient (Wildman–Crippen LogP) is 1.59. The number of aromatic nitrogens is 2. The van der Waals surface area contributed by atoms with Gasteiger partial charge < -0.3 is 5.32 Å². The molecule has 2 aromatic rings. The minimum absolute atomic E-state index is 0.854. The third-order valence-corrected chi connectivity index (χ3v) is 2.04. The Bertz CT molecular complexity index is 392. The van der Waals surface area contributed by atoms with Crippen molar-refractivity contribution in [2.24, 2.45) is 0 Å². The number of nitrogens with one attached hydrogen (secondary N) is 1. The zero-order chi connectivity index (χ0) is 9.80. The molecule has 1 heterocycles. The van der Waals surface area contributed by atoms with E-state index >= 15 is 0 Å². The van der Waals surface area contributed by atoms with Crippen LogP contribution in [-0.4, -0.2) is 16.8 Å². The van der Waals surface area contributed by atoms with Gasteiger partial charge >= 0.3 is 0 Å². The van der Waals surface area contributed by atoms with Gasteiger partial charge in [0.1, 0.15) is 0 Å². The molecule has 0 spiro atoms. The van der Waals surface area contributed by atoms with Crippen LogP contribution in [0.4, 0.5) is 0 Å². The fourth-order valence-corrected chi connectivity index (χ4v) is 1.38. The molecule has 0 aliphatic rings. The molecule has 0 fully saturated rings. The second-order valence-electron chi connectivity index (χ2n) is 3.16. The molecular weight excluding hydrogens is 174 g/mol. The maximum atomic E-state index is 4.28. The molecule has 0 aliphatic carbocycles. The Balaban J connectivity index is 2.25. The van der Waals surface area contributed by atoms with E-state index in [2.05, 4.69) is 10.4 Å². The fourth-order valence-electron chi connectivity index (χ4n) is 1.38. The van der Waals surface area contributed by atoms with E-state index in [0.29, 0.717) is 0 Å². The third kappa shape index (κ3) is 1.83. The molecule has 1 aromatic heterocycles. The van der Waals surface area contributed by atoms with E-state index < -0.39 is 0 Å². The molecule has 0 amide bonds. The largest absolute Gasteiger partial charge is 0.316 e. The van der Waals surface area contributed by atoms with E-state index in [0.717, 1.165) is 12.2 Å². The molecule has 1 N–H and O–H groups in total. The number of rotatable bonds is 3.